The number of benzene rings is 2. The minimum atomic E-state index is -0.502. The fraction of sp³-hybridized carbons (Fsp3) is 0.400. The quantitative estimate of drug-likeness (QED) is 0.779. The standard InChI is InChI=1S/C20H24FNO3/c21-20-10-16(12-23)19(9-17(20)13-24)15-3-1-2-14(8-15)11-22-6-4-18(25)5-7-22/h1-3,8-10,18,23-25H,4-7,11-13H2. The number of aliphatic hydroxyl groups excluding tert-OH is 3. The number of aliphatic hydroxyl groups is 3. The van der Waals surface area contributed by atoms with E-state index in [1.807, 2.05) is 24.3 Å². The van der Waals surface area contributed by atoms with Gasteiger partial charge >= 0.3 is 0 Å². The van der Waals surface area contributed by atoms with Crippen molar-refractivity contribution < 1.29 is 19.7 Å². The van der Waals surface area contributed by atoms with E-state index in [-0.39, 0.29) is 24.9 Å². The Kier molecular flexibility index (Phi) is 5.81. The van der Waals surface area contributed by atoms with Gasteiger partial charge in [0.1, 0.15) is 5.82 Å². The third-order valence-electron chi connectivity index (χ3n) is 4.81. The van der Waals surface area contributed by atoms with Gasteiger partial charge in [0.25, 0.3) is 0 Å². The molecule has 134 valence electrons. The Labute approximate surface area is 147 Å². The van der Waals surface area contributed by atoms with Crippen LogP contribution in [0.15, 0.2) is 36.4 Å². The van der Waals surface area contributed by atoms with Crippen molar-refractivity contribution in [2.24, 2.45) is 0 Å². The van der Waals surface area contributed by atoms with Gasteiger partial charge in [-0.1, -0.05) is 18.2 Å². The van der Waals surface area contributed by atoms with Gasteiger partial charge in [0.15, 0.2) is 0 Å². The van der Waals surface area contributed by atoms with Crippen molar-refractivity contribution in [1.29, 1.82) is 0 Å². The van der Waals surface area contributed by atoms with Gasteiger partial charge < -0.3 is 15.3 Å². The highest BCUT2D eigenvalue weighted by atomic mass is 19.1. The zero-order chi connectivity index (χ0) is 17.8. The van der Waals surface area contributed by atoms with E-state index < -0.39 is 5.82 Å². The lowest BCUT2D eigenvalue weighted by Gasteiger charge is -2.29. The fourth-order valence-corrected chi connectivity index (χ4v) is 3.35. The molecule has 1 heterocycles. The summed E-state index contributed by atoms with van der Waals surface area (Å²) in [6.07, 6.45) is 1.41. The van der Waals surface area contributed by atoms with Crippen LogP contribution in [0, 0.1) is 5.82 Å². The van der Waals surface area contributed by atoms with Crippen LogP contribution in [0.25, 0.3) is 11.1 Å². The Morgan fingerprint density at radius 3 is 2.40 bits per heavy atom. The Hall–Kier alpha value is -1.79. The molecular formula is C20H24FNO3. The minimum Gasteiger partial charge on any atom is -0.393 e. The molecule has 3 rings (SSSR count). The van der Waals surface area contributed by atoms with Crippen molar-refractivity contribution >= 4 is 0 Å². The number of rotatable bonds is 5. The van der Waals surface area contributed by atoms with Crippen LogP contribution >= 0.6 is 0 Å². The molecule has 0 amide bonds. The molecular weight excluding hydrogens is 321 g/mol. The molecule has 0 aromatic heterocycles. The van der Waals surface area contributed by atoms with E-state index in [2.05, 4.69) is 4.90 Å². The van der Waals surface area contributed by atoms with Crippen LogP contribution < -0.4 is 0 Å². The van der Waals surface area contributed by atoms with Crippen LogP contribution in [-0.4, -0.2) is 39.4 Å². The monoisotopic (exact) mass is 345 g/mol. The van der Waals surface area contributed by atoms with Crippen molar-refractivity contribution in [3.05, 3.63) is 58.9 Å². The molecule has 2 aromatic rings. The molecule has 2 aromatic carbocycles. The van der Waals surface area contributed by atoms with E-state index in [0.717, 1.165) is 49.2 Å². The maximum Gasteiger partial charge on any atom is 0.129 e. The summed E-state index contributed by atoms with van der Waals surface area (Å²) in [7, 11) is 0. The molecule has 0 saturated carbocycles. The molecule has 1 aliphatic rings. The SMILES string of the molecule is OCc1cc(-c2cccc(CN3CCC(O)CC3)c2)c(CO)cc1F. The van der Waals surface area contributed by atoms with E-state index in [1.165, 1.54) is 6.07 Å². The smallest absolute Gasteiger partial charge is 0.129 e. The highest BCUT2D eigenvalue weighted by Crippen LogP contribution is 2.28. The Bertz CT molecular complexity index is 727. The lowest BCUT2D eigenvalue weighted by molar-refractivity contribution is 0.0792. The molecule has 1 saturated heterocycles. The van der Waals surface area contributed by atoms with E-state index >= 15 is 0 Å². The largest absolute Gasteiger partial charge is 0.393 e. The molecule has 1 aliphatic heterocycles. The van der Waals surface area contributed by atoms with E-state index in [9.17, 15) is 19.7 Å². The Balaban J connectivity index is 1.86. The van der Waals surface area contributed by atoms with Gasteiger partial charge in [-0.05, 0) is 53.3 Å². The van der Waals surface area contributed by atoms with Crippen molar-refractivity contribution in [1.82, 2.24) is 4.90 Å². The van der Waals surface area contributed by atoms with Crippen molar-refractivity contribution in [2.75, 3.05) is 13.1 Å². The Morgan fingerprint density at radius 1 is 1.00 bits per heavy atom. The van der Waals surface area contributed by atoms with Crippen LogP contribution in [0.2, 0.25) is 0 Å². The average molecular weight is 345 g/mol. The minimum absolute atomic E-state index is 0.189. The number of likely N-dealkylation sites (tertiary alicyclic amines) is 1. The molecule has 0 aliphatic carbocycles. The summed E-state index contributed by atoms with van der Waals surface area (Å²) in [6.45, 7) is 1.91. The fourth-order valence-electron chi connectivity index (χ4n) is 3.35. The molecule has 1 fully saturated rings. The lowest BCUT2D eigenvalue weighted by Crippen LogP contribution is -2.35. The number of nitrogens with zero attached hydrogens (tertiary/aromatic N) is 1. The number of piperidine rings is 1. The molecule has 0 spiro atoms. The van der Waals surface area contributed by atoms with Crippen LogP contribution in [0.3, 0.4) is 0 Å². The summed E-state index contributed by atoms with van der Waals surface area (Å²) in [5.74, 6) is -0.502. The summed E-state index contributed by atoms with van der Waals surface area (Å²) < 4.78 is 13.9. The maximum absolute atomic E-state index is 13.9. The van der Waals surface area contributed by atoms with Gasteiger partial charge in [-0.3, -0.25) is 4.90 Å². The van der Waals surface area contributed by atoms with Gasteiger partial charge in [0.2, 0.25) is 0 Å². The van der Waals surface area contributed by atoms with Crippen molar-refractivity contribution in [3.63, 3.8) is 0 Å². The summed E-state index contributed by atoms with van der Waals surface area (Å²) in [4.78, 5) is 2.31. The van der Waals surface area contributed by atoms with E-state index in [0.29, 0.717) is 5.56 Å². The van der Waals surface area contributed by atoms with Gasteiger partial charge in [-0.2, -0.15) is 0 Å². The summed E-state index contributed by atoms with van der Waals surface area (Å²) >= 11 is 0. The first-order chi connectivity index (χ1) is 12.1. The van der Waals surface area contributed by atoms with Gasteiger partial charge in [-0.15, -0.1) is 0 Å². The van der Waals surface area contributed by atoms with E-state index in [4.69, 9.17) is 0 Å². The molecule has 3 N–H and O–H groups in total. The van der Waals surface area contributed by atoms with Gasteiger partial charge in [-0.25, -0.2) is 4.39 Å². The second-order valence-corrected chi connectivity index (χ2v) is 6.62. The molecule has 0 unspecified atom stereocenters. The highest BCUT2D eigenvalue weighted by Gasteiger charge is 2.17. The summed E-state index contributed by atoms with van der Waals surface area (Å²) in [5.41, 5.74) is 3.50. The second-order valence-electron chi connectivity index (χ2n) is 6.62. The first kappa shape index (κ1) is 18.0. The highest BCUT2D eigenvalue weighted by molar-refractivity contribution is 5.69. The number of hydrogen-bond donors (Lipinski definition) is 3. The summed E-state index contributed by atoms with van der Waals surface area (Å²) in [6, 6.07) is 10.9. The van der Waals surface area contributed by atoms with Crippen LogP contribution in [-0.2, 0) is 19.8 Å². The van der Waals surface area contributed by atoms with Crippen molar-refractivity contribution in [3.8, 4) is 11.1 Å². The first-order valence-corrected chi connectivity index (χ1v) is 8.63. The van der Waals surface area contributed by atoms with Gasteiger partial charge in [0.05, 0.1) is 19.3 Å². The zero-order valence-corrected chi connectivity index (χ0v) is 14.2. The van der Waals surface area contributed by atoms with Crippen LogP contribution in [0.4, 0.5) is 4.39 Å². The summed E-state index contributed by atoms with van der Waals surface area (Å²) in [5, 5.41) is 28.5. The number of halogens is 1. The van der Waals surface area contributed by atoms with Crippen molar-refractivity contribution in [2.45, 2.75) is 38.7 Å². The number of hydrogen-bond acceptors (Lipinski definition) is 4. The third-order valence-corrected chi connectivity index (χ3v) is 4.81. The molecule has 25 heavy (non-hydrogen) atoms. The normalized spacial score (nSPS) is 16.3. The third kappa shape index (κ3) is 4.25. The molecule has 0 radical (unpaired) electrons. The zero-order valence-electron chi connectivity index (χ0n) is 14.2. The molecule has 0 atom stereocenters. The van der Waals surface area contributed by atoms with E-state index in [1.54, 1.807) is 6.07 Å². The predicted octanol–water partition coefficient (Wildman–Crippen LogP) is 2.43. The second kappa shape index (κ2) is 8.06. The molecule has 5 heteroatoms. The molecule has 4 nitrogen and oxygen atoms in total. The van der Waals surface area contributed by atoms with Gasteiger partial charge in [0, 0.05) is 25.2 Å². The first-order valence-electron chi connectivity index (χ1n) is 8.63. The van der Waals surface area contributed by atoms with Crippen LogP contribution in [0.1, 0.15) is 29.5 Å². The lowest BCUT2D eigenvalue weighted by atomic mass is 9.95. The van der Waals surface area contributed by atoms with Crippen LogP contribution in [0.5, 0.6) is 0 Å². The predicted molar refractivity (Wildman–Crippen MR) is 94.2 cm³/mol. The topological polar surface area (TPSA) is 63.9 Å². The average Bonchev–Trinajstić information content (AvgIpc) is 2.63. The maximum atomic E-state index is 13.9. The molecule has 0 bridgehead atoms. The Morgan fingerprint density at radius 2 is 1.72 bits per heavy atom.